The molecule has 0 aliphatic heterocycles. The van der Waals surface area contributed by atoms with Gasteiger partial charge in [0.15, 0.2) is 5.82 Å². The average molecular weight is 251 g/mol. The molecule has 0 atom stereocenters. The van der Waals surface area contributed by atoms with E-state index in [1.807, 2.05) is 13.8 Å². The third-order valence-electron chi connectivity index (χ3n) is 2.60. The van der Waals surface area contributed by atoms with Gasteiger partial charge in [-0.25, -0.2) is 14.4 Å². The zero-order chi connectivity index (χ0) is 12.4. The summed E-state index contributed by atoms with van der Waals surface area (Å²) in [5, 5.41) is 0.444. The maximum absolute atomic E-state index is 13.1. The topological polar surface area (TPSA) is 25.8 Å². The van der Waals surface area contributed by atoms with Gasteiger partial charge in [0, 0.05) is 16.8 Å². The lowest BCUT2D eigenvalue weighted by Crippen LogP contribution is -1.99. The lowest BCUT2D eigenvalue weighted by Gasteiger charge is -2.07. The number of aryl methyl sites for hydroxylation is 1. The van der Waals surface area contributed by atoms with Gasteiger partial charge in [0.2, 0.25) is 0 Å². The highest BCUT2D eigenvalue weighted by Gasteiger charge is 2.10. The van der Waals surface area contributed by atoms with Gasteiger partial charge in [-0.15, -0.1) is 0 Å². The number of aromatic nitrogens is 2. The molecule has 0 radical (unpaired) electrons. The second-order valence-corrected chi connectivity index (χ2v) is 4.12. The second-order valence-electron chi connectivity index (χ2n) is 3.77. The summed E-state index contributed by atoms with van der Waals surface area (Å²) in [5.74, 6) is 0.156. The molecule has 17 heavy (non-hydrogen) atoms. The van der Waals surface area contributed by atoms with Crippen LogP contribution in [0.4, 0.5) is 4.39 Å². The van der Waals surface area contributed by atoms with Gasteiger partial charge in [-0.3, -0.25) is 0 Å². The largest absolute Gasteiger partial charge is 0.233 e. The fourth-order valence-corrected chi connectivity index (χ4v) is 2.07. The van der Waals surface area contributed by atoms with Crippen molar-refractivity contribution in [3.63, 3.8) is 0 Å². The monoisotopic (exact) mass is 250 g/mol. The molecule has 0 aliphatic carbocycles. The summed E-state index contributed by atoms with van der Waals surface area (Å²) in [6.07, 6.45) is 0.786. The first-order valence-electron chi connectivity index (χ1n) is 5.40. The van der Waals surface area contributed by atoms with Crippen molar-refractivity contribution in [2.75, 3.05) is 0 Å². The van der Waals surface area contributed by atoms with Crippen molar-refractivity contribution in [3.05, 3.63) is 46.5 Å². The standard InChI is InChI=1S/C13H12ClFN2/c1-3-11-8(2)16-13(17-12(11)14)9-5-4-6-10(15)7-9/h4-7H,3H2,1-2H3. The highest BCUT2D eigenvalue weighted by Crippen LogP contribution is 2.22. The Kier molecular flexibility index (Phi) is 3.38. The van der Waals surface area contributed by atoms with E-state index in [2.05, 4.69) is 9.97 Å². The third-order valence-corrected chi connectivity index (χ3v) is 2.91. The smallest absolute Gasteiger partial charge is 0.161 e. The number of benzene rings is 1. The maximum atomic E-state index is 13.1. The van der Waals surface area contributed by atoms with Crippen LogP contribution in [0.1, 0.15) is 18.2 Å². The number of halogens is 2. The lowest BCUT2D eigenvalue weighted by atomic mass is 10.1. The van der Waals surface area contributed by atoms with Gasteiger partial charge in [0.1, 0.15) is 11.0 Å². The summed E-state index contributed by atoms with van der Waals surface area (Å²) in [6.45, 7) is 3.88. The van der Waals surface area contributed by atoms with Crippen molar-refractivity contribution in [1.82, 2.24) is 9.97 Å². The van der Waals surface area contributed by atoms with Crippen LogP contribution in [0, 0.1) is 12.7 Å². The van der Waals surface area contributed by atoms with Gasteiger partial charge in [-0.05, 0) is 25.5 Å². The zero-order valence-corrected chi connectivity index (χ0v) is 10.4. The minimum atomic E-state index is -0.306. The van der Waals surface area contributed by atoms with Crippen LogP contribution in [0.25, 0.3) is 11.4 Å². The van der Waals surface area contributed by atoms with E-state index in [1.54, 1.807) is 12.1 Å². The molecular formula is C13H12ClFN2. The minimum Gasteiger partial charge on any atom is -0.233 e. The SMILES string of the molecule is CCc1c(C)nc(-c2cccc(F)c2)nc1Cl. The van der Waals surface area contributed by atoms with Crippen molar-refractivity contribution in [3.8, 4) is 11.4 Å². The Hall–Kier alpha value is -1.48. The molecule has 0 saturated heterocycles. The van der Waals surface area contributed by atoms with Crippen molar-refractivity contribution in [2.24, 2.45) is 0 Å². The molecule has 0 aliphatic rings. The van der Waals surface area contributed by atoms with E-state index in [1.165, 1.54) is 12.1 Å². The summed E-state index contributed by atoms with van der Waals surface area (Å²) in [4.78, 5) is 8.56. The van der Waals surface area contributed by atoms with Crippen LogP contribution in [0.2, 0.25) is 5.15 Å². The van der Waals surface area contributed by atoms with Crippen LogP contribution in [0.3, 0.4) is 0 Å². The molecule has 2 aromatic rings. The first kappa shape index (κ1) is 12.0. The Balaban J connectivity index is 2.54. The number of rotatable bonds is 2. The molecule has 2 nitrogen and oxygen atoms in total. The fourth-order valence-electron chi connectivity index (χ4n) is 1.72. The summed E-state index contributed by atoms with van der Waals surface area (Å²) in [6, 6.07) is 6.18. The van der Waals surface area contributed by atoms with E-state index in [0.29, 0.717) is 16.5 Å². The molecule has 0 spiro atoms. The third kappa shape index (κ3) is 2.44. The van der Waals surface area contributed by atoms with Crippen molar-refractivity contribution >= 4 is 11.6 Å². The number of hydrogen-bond donors (Lipinski definition) is 0. The number of hydrogen-bond acceptors (Lipinski definition) is 2. The van der Waals surface area contributed by atoms with Gasteiger partial charge < -0.3 is 0 Å². The van der Waals surface area contributed by atoms with Gasteiger partial charge in [-0.1, -0.05) is 30.7 Å². The van der Waals surface area contributed by atoms with E-state index in [9.17, 15) is 4.39 Å². The summed E-state index contributed by atoms with van der Waals surface area (Å²) in [5.41, 5.74) is 2.41. The Bertz CT molecular complexity index is 532. The quantitative estimate of drug-likeness (QED) is 0.758. The van der Waals surface area contributed by atoms with Crippen molar-refractivity contribution in [1.29, 1.82) is 0 Å². The van der Waals surface area contributed by atoms with Crippen LogP contribution >= 0.6 is 11.6 Å². The van der Waals surface area contributed by atoms with Gasteiger partial charge >= 0.3 is 0 Å². The Labute approximate surface area is 104 Å². The minimum absolute atomic E-state index is 0.306. The van der Waals surface area contributed by atoms with Crippen LogP contribution < -0.4 is 0 Å². The van der Waals surface area contributed by atoms with Gasteiger partial charge in [0.05, 0.1) is 0 Å². The van der Waals surface area contributed by atoms with Gasteiger partial charge in [-0.2, -0.15) is 0 Å². The Morgan fingerprint density at radius 2 is 2.06 bits per heavy atom. The molecule has 0 amide bonds. The van der Waals surface area contributed by atoms with E-state index in [0.717, 1.165) is 17.7 Å². The predicted octanol–water partition coefficient (Wildman–Crippen LogP) is 3.81. The zero-order valence-electron chi connectivity index (χ0n) is 9.67. The molecule has 0 unspecified atom stereocenters. The molecule has 1 heterocycles. The molecular weight excluding hydrogens is 239 g/mol. The maximum Gasteiger partial charge on any atom is 0.161 e. The molecule has 0 bridgehead atoms. The van der Waals surface area contributed by atoms with E-state index in [4.69, 9.17) is 11.6 Å². The normalized spacial score (nSPS) is 10.6. The summed E-state index contributed by atoms with van der Waals surface area (Å²) >= 11 is 6.08. The molecule has 0 fully saturated rings. The highest BCUT2D eigenvalue weighted by molar-refractivity contribution is 6.30. The van der Waals surface area contributed by atoms with Crippen LogP contribution in [-0.2, 0) is 6.42 Å². The molecule has 2 rings (SSSR count). The van der Waals surface area contributed by atoms with E-state index < -0.39 is 0 Å². The first-order chi connectivity index (χ1) is 8.11. The predicted molar refractivity (Wildman–Crippen MR) is 66.6 cm³/mol. The highest BCUT2D eigenvalue weighted by atomic mass is 35.5. The Morgan fingerprint density at radius 3 is 2.65 bits per heavy atom. The fraction of sp³-hybridized carbons (Fsp3) is 0.231. The van der Waals surface area contributed by atoms with E-state index in [-0.39, 0.29) is 5.82 Å². The van der Waals surface area contributed by atoms with E-state index >= 15 is 0 Å². The first-order valence-corrected chi connectivity index (χ1v) is 5.78. The molecule has 0 N–H and O–H groups in total. The average Bonchev–Trinajstić information content (AvgIpc) is 2.28. The lowest BCUT2D eigenvalue weighted by molar-refractivity contribution is 0.628. The van der Waals surface area contributed by atoms with Crippen molar-refractivity contribution < 1.29 is 4.39 Å². The second kappa shape index (κ2) is 4.80. The van der Waals surface area contributed by atoms with Crippen LogP contribution in [-0.4, -0.2) is 9.97 Å². The number of nitrogens with zero attached hydrogens (tertiary/aromatic N) is 2. The molecule has 4 heteroatoms. The molecule has 1 aromatic heterocycles. The molecule has 0 saturated carbocycles. The van der Waals surface area contributed by atoms with Crippen LogP contribution in [0.15, 0.2) is 24.3 Å². The summed E-state index contributed by atoms with van der Waals surface area (Å²) in [7, 11) is 0. The van der Waals surface area contributed by atoms with Gasteiger partial charge in [0.25, 0.3) is 0 Å². The Morgan fingerprint density at radius 1 is 1.29 bits per heavy atom. The van der Waals surface area contributed by atoms with Crippen LogP contribution in [0.5, 0.6) is 0 Å². The summed E-state index contributed by atoms with van der Waals surface area (Å²) < 4.78 is 13.1. The molecule has 88 valence electrons. The molecule has 1 aromatic carbocycles. The van der Waals surface area contributed by atoms with Crippen molar-refractivity contribution in [2.45, 2.75) is 20.3 Å².